The lowest BCUT2D eigenvalue weighted by Crippen LogP contribution is -2.63. The van der Waals surface area contributed by atoms with E-state index in [1.165, 1.54) is 6.92 Å². The Labute approximate surface area is 341 Å². The molecular formula is C38H54N14O7. The van der Waals surface area contributed by atoms with Crippen LogP contribution in [0.15, 0.2) is 71.5 Å². The summed E-state index contributed by atoms with van der Waals surface area (Å²) < 4.78 is 0. The SMILES string of the molecule is C[C@@H]1NC(=O)C(N)CNC(=O)[C@H](C2CCN=C(N)N2)NC(=O)/C(=C/NC(=O)Nc2ccc(Cc3ccccc3)cc2)NC(=O)[C@H](CNC(=O)C[C@@H](N)CCCN)NC1=O. The smallest absolute Gasteiger partial charge is 0.323 e. The van der Waals surface area contributed by atoms with Crippen LogP contribution in [0, 0.1) is 0 Å². The fraction of sp³-hybridized carbons (Fsp3) is 0.421. The second-order valence-electron chi connectivity index (χ2n) is 14.1. The molecule has 0 aromatic heterocycles. The van der Waals surface area contributed by atoms with Crippen LogP contribution in [0.5, 0.6) is 0 Å². The van der Waals surface area contributed by atoms with Crippen molar-refractivity contribution in [2.24, 2.45) is 27.9 Å². The van der Waals surface area contributed by atoms with Crippen molar-refractivity contribution in [3.8, 4) is 0 Å². The number of amides is 8. The van der Waals surface area contributed by atoms with Crippen molar-refractivity contribution >= 4 is 53.1 Å². The quantitative estimate of drug-likeness (QED) is 0.0930. The van der Waals surface area contributed by atoms with Crippen LogP contribution >= 0.6 is 0 Å². The first-order chi connectivity index (χ1) is 28.2. The Kier molecular flexibility index (Phi) is 17.1. The van der Waals surface area contributed by atoms with Gasteiger partial charge in [-0.1, -0.05) is 42.5 Å². The monoisotopic (exact) mass is 818 g/mol. The van der Waals surface area contributed by atoms with Crippen LogP contribution in [0.2, 0.25) is 0 Å². The average molecular weight is 819 g/mol. The van der Waals surface area contributed by atoms with Gasteiger partial charge in [0.1, 0.15) is 29.9 Å². The average Bonchev–Trinajstić information content (AvgIpc) is 3.21. The molecule has 6 atom stereocenters. The molecule has 0 spiro atoms. The van der Waals surface area contributed by atoms with Crippen molar-refractivity contribution in [1.82, 2.24) is 42.5 Å². The highest BCUT2D eigenvalue weighted by Gasteiger charge is 2.35. The number of nitrogens with one attached hydrogen (secondary N) is 9. The molecule has 0 aliphatic carbocycles. The number of guanidine groups is 1. The van der Waals surface area contributed by atoms with Gasteiger partial charge in [-0.3, -0.25) is 33.8 Å². The molecule has 2 aliphatic heterocycles. The molecule has 2 aliphatic rings. The Morgan fingerprint density at radius 2 is 1.63 bits per heavy atom. The lowest BCUT2D eigenvalue weighted by Gasteiger charge is -2.31. The zero-order valence-electron chi connectivity index (χ0n) is 32.7. The number of hydrogen-bond donors (Lipinski definition) is 13. The van der Waals surface area contributed by atoms with Crippen molar-refractivity contribution in [3.63, 3.8) is 0 Å². The van der Waals surface area contributed by atoms with Crippen LogP contribution < -0.4 is 70.8 Å². The van der Waals surface area contributed by atoms with E-state index < -0.39 is 96.5 Å². The zero-order chi connectivity index (χ0) is 42.9. The largest absolute Gasteiger partial charge is 0.370 e. The number of aliphatic imine (C=N–C) groups is 1. The molecule has 1 saturated heterocycles. The van der Waals surface area contributed by atoms with E-state index in [0.29, 0.717) is 31.5 Å². The summed E-state index contributed by atoms with van der Waals surface area (Å²) in [6, 6.07) is 9.30. The second-order valence-corrected chi connectivity index (χ2v) is 14.1. The normalized spacial score (nSPS) is 23.2. The number of hydrogen-bond acceptors (Lipinski definition) is 13. The first-order valence-electron chi connectivity index (χ1n) is 19.2. The lowest BCUT2D eigenvalue weighted by atomic mass is 10.0. The number of carbonyl (C=O) groups excluding carboxylic acids is 7. The van der Waals surface area contributed by atoms with Crippen LogP contribution in [0.25, 0.3) is 0 Å². The highest BCUT2D eigenvalue weighted by atomic mass is 16.2. The fourth-order valence-corrected chi connectivity index (χ4v) is 5.98. The number of nitrogens with two attached hydrogens (primary N) is 4. The minimum absolute atomic E-state index is 0.0111. The highest BCUT2D eigenvalue weighted by molar-refractivity contribution is 6.03. The summed E-state index contributed by atoms with van der Waals surface area (Å²) >= 11 is 0. The van der Waals surface area contributed by atoms with E-state index in [1.54, 1.807) is 12.1 Å². The Morgan fingerprint density at radius 3 is 2.32 bits per heavy atom. The molecule has 4 rings (SSSR count). The van der Waals surface area contributed by atoms with Crippen molar-refractivity contribution in [2.45, 2.75) is 75.3 Å². The van der Waals surface area contributed by atoms with Crippen LogP contribution in [0.1, 0.15) is 43.7 Å². The van der Waals surface area contributed by atoms with Gasteiger partial charge < -0.3 is 70.8 Å². The number of carbonyl (C=O) groups is 7. The molecule has 2 aromatic rings. The number of benzene rings is 2. The van der Waals surface area contributed by atoms with E-state index in [-0.39, 0.29) is 25.3 Å². The van der Waals surface area contributed by atoms with Gasteiger partial charge >= 0.3 is 6.03 Å². The third-order valence-electron chi connectivity index (χ3n) is 9.29. The summed E-state index contributed by atoms with van der Waals surface area (Å²) in [7, 11) is 0. The Hall–Kier alpha value is -6.58. The summed E-state index contributed by atoms with van der Waals surface area (Å²) in [6.07, 6.45) is 2.78. The second kappa shape index (κ2) is 22.4. The molecule has 2 aromatic carbocycles. The summed E-state index contributed by atoms with van der Waals surface area (Å²) in [5.74, 6) is -5.01. The topological polar surface area (TPSA) is 344 Å². The van der Waals surface area contributed by atoms with Crippen molar-refractivity contribution < 1.29 is 33.6 Å². The summed E-state index contributed by atoms with van der Waals surface area (Å²) in [4.78, 5) is 97.6. The predicted octanol–water partition coefficient (Wildman–Crippen LogP) is -3.46. The maximum absolute atomic E-state index is 14.0. The molecule has 17 N–H and O–H groups in total. The van der Waals surface area contributed by atoms with Crippen LogP contribution in [0.3, 0.4) is 0 Å². The zero-order valence-corrected chi connectivity index (χ0v) is 32.7. The maximum atomic E-state index is 14.0. The molecule has 1 fully saturated rings. The molecule has 2 unspecified atom stereocenters. The summed E-state index contributed by atoms with van der Waals surface area (Å²) in [5, 5.41) is 22.8. The molecule has 0 radical (unpaired) electrons. The summed E-state index contributed by atoms with van der Waals surface area (Å²) in [5.41, 5.74) is 25.5. The molecular weight excluding hydrogens is 765 g/mol. The number of anilines is 1. The Bertz CT molecular complexity index is 1870. The van der Waals surface area contributed by atoms with Crippen LogP contribution in [0.4, 0.5) is 10.5 Å². The Balaban J connectivity index is 1.61. The molecule has 2 heterocycles. The molecule has 0 bridgehead atoms. The minimum atomic E-state index is -1.54. The minimum Gasteiger partial charge on any atom is -0.370 e. The standard InChI is InChI=1S/C38H54N14O7/c1-21-32(54)49-28(19-44-30(53)17-24(40)8-5-14-39)34(56)50-29(20-46-38(59)48-25-11-9-23(10-12-25)16-22-6-3-2-4-7-22)35(57)52-31(27-13-15-43-37(42)51-27)36(58)45-18-26(41)33(55)47-21/h2-4,6-7,9-12,20-21,24,26-28,31H,5,8,13-19,39-41H2,1H3,(H,44,53)(H,45,58)(H,47,55)(H,49,54)(H,50,56)(H,52,57)(H3,42,43,51)(H2,46,48,59)/b29-20-/t21-,24-,26?,27?,28-,31-/m0/s1. The van der Waals surface area contributed by atoms with Crippen LogP contribution in [-0.4, -0.2) is 110 Å². The van der Waals surface area contributed by atoms with Gasteiger partial charge in [-0.2, -0.15) is 0 Å². The third kappa shape index (κ3) is 14.7. The van der Waals surface area contributed by atoms with Gasteiger partial charge in [0.25, 0.3) is 5.91 Å². The molecule has 21 nitrogen and oxygen atoms in total. The number of rotatable bonds is 12. The lowest BCUT2D eigenvalue weighted by molar-refractivity contribution is -0.133. The number of urea groups is 1. The third-order valence-corrected chi connectivity index (χ3v) is 9.29. The van der Waals surface area contributed by atoms with Gasteiger partial charge in [-0.15, -0.1) is 0 Å². The van der Waals surface area contributed by atoms with E-state index in [9.17, 15) is 33.6 Å². The van der Waals surface area contributed by atoms with Gasteiger partial charge in [0.05, 0.1) is 6.04 Å². The van der Waals surface area contributed by atoms with E-state index >= 15 is 0 Å². The maximum Gasteiger partial charge on any atom is 0.323 e. The van der Waals surface area contributed by atoms with Gasteiger partial charge in [0.2, 0.25) is 29.5 Å². The predicted molar refractivity (Wildman–Crippen MR) is 218 cm³/mol. The van der Waals surface area contributed by atoms with Gasteiger partial charge in [-0.25, -0.2) is 4.79 Å². The van der Waals surface area contributed by atoms with E-state index in [1.807, 2.05) is 42.5 Å². The van der Waals surface area contributed by atoms with Crippen molar-refractivity contribution in [3.05, 3.63) is 77.6 Å². The molecule has 21 heteroatoms. The first kappa shape index (κ1) is 45.1. The van der Waals surface area contributed by atoms with Crippen molar-refractivity contribution in [2.75, 3.05) is 31.5 Å². The van der Waals surface area contributed by atoms with Gasteiger partial charge in [-0.05, 0) is 62.4 Å². The molecule has 59 heavy (non-hydrogen) atoms. The van der Waals surface area contributed by atoms with Gasteiger partial charge in [0, 0.05) is 44.0 Å². The molecule has 8 amide bonds. The highest BCUT2D eigenvalue weighted by Crippen LogP contribution is 2.14. The first-order valence-corrected chi connectivity index (χ1v) is 19.2. The van der Waals surface area contributed by atoms with E-state index in [0.717, 1.165) is 17.3 Å². The summed E-state index contributed by atoms with van der Waals surface area (Å²) in [6.45, 7) is 1.07. The van der Waals surface area contributed by atoms with E-state index in [4.69, 9.17) is 22.9 Å². The number of nitrogens with zero attached hydrogens (tertiary/aromatic N) is 1. The molecule has 0 saturated carbocycles. The molecule has 318 valence electrons. The van der Waals surface area contributed by atoms with Gasteiger partial charge in [0.15, 0.2) is 5.96 Å². The Morgan fingerprint density at radius 1 is 0.915 bits per heavy atom. The van der Waals surface area contributed by atoms with Crippen LogP contribution in [-0.2, 0) is 35.2 Å². The van der Waals surface area contributed by atoms with Crippen molar-refractivity contribution in [1.29, 1.82) is 0 Å². The fourth-order valence-electron chi connectivity index (χ4n) is 5.98. The van der Waals surface area contributed by atoms with E-state index in [2.05, 4.69) is 52.8 Å².